The van der Waals surface area contributed by atoms with Gasteiger partial charge in [0.2, 0.25) is 10.0 Å². The molecule has 0 radical (unpaired) electrons. The highest BCUT2D eigenvalue weighted by molar-refractivity contribution is 7.89. The molecule has 5 nitrogen and oxygen atoms in total. The van der Waals surface area contributed by atoms with Crippen molar-refractivity contribution in [3.05, 3.63) is 69.7 Å². The Morgan fingerprint density at radius 3 is 2.52 bits per heavy atom. The molecule has 0 bridgehead atoms. The Morgan fingerprint density at radius 1 is 1.00 bits per heavy atom. The standard InChI is InChI=1S/C23H25Cl2N3O2S/c1-27-9-11-28(12-10-27)31(29,30)16-6-8-22-20(14-16)17-3-2-4-18(17)23(26-22)19-7-5-15(24)13-21(19)25/h2-3,5-8,13-14,17-18,23,26H,4,9-12H2,1H3. The predicted octanol–water partition coefficient (Wildman–Crippen LogP) is 4.76. The zero-order valence-corrected chi connectivity index (χ0v) is 19.6. The van der Waals surface area contributed by atoms with Gasteiger partial charge in [0.05, 0.1) is 10.9 Å². The second kappa shape index (κ2) is 8.09. The number of halogens is 2. The summed E-state index contributed by atoms with van der Waals surface area (Å²) in [4.78, 5) is 2.53. The Bertz CT molecular complexity index is 1140. The first kappa shape index (κ1) is 21.3. The van der Waals surface area contributed by atoms with Gasteiger partial charge >= 0.3 is 0 Å². The number of sulfonamides is 1. The van der Waals surface area contributed by atoms with Crippen molar-refractivity contribution in [2.45, 2.75) is 23.3 Å². The van der Waals surface area contributed by atoms with Gasteiger partial charge in [-0.2, -0.15) is 4.31 Å². The zero-order valence-electron chi connectivity index (χ0n) is 17.3. The lowest BCUT2D eigenvalue weighted by Gasteiger charge is -2.38. The summed E-state index contributed by atoms with van der Waals surface area (Å²) in [5.41, 5.74) is 3.01. The molecule has 0 aromatic heterocycles. The largest absolute Gasteiger partial charge is 0.378 e. The monoisotopic (exact) mass is 477 g/mol. The number of nitrogens with zero attached hydrogens (tertiary/aromatic N) is 2. The van der Waals surface area contributed by atoms with E-state index in [4.69, 9.17) is 23.2 Å². The number of piperazine rings is 1. The Kier molecular flexibility index (Phi) is 5.55. The average Bonchev–Trinajstić information content (AvgIpc) is 3.24. The number of rotatable bonds is 3. The molecule has 2 aliphatic heterocycles. The number of fused-ring (bicyclic) bond motifs is 3. The molecule has 3 aliphatic rings. The predicted molar refractivity (Wildman–Crippen MR) is 126 cm³/mol. The van der Waals surface area contributed by atoms with Crippen LogP contribution < -0.4 is 5.32 Å². The van der Waals surface area contributed by atoms with Crippen molar-refractivity contribution in [2.75, 3.05) is 38.5 Å². The van der Waals surface area contributed by atoms with Gasteiger partial charge in [0.25, 0.3) is 0 Å². The van der Waals surface area contributed by atoms with E-state index in [1.54, 1.807) is 16.4 Å². The van der Waals surface area contributed by atoms with Gasteiger partial charge < -0.3 is 10.2 Å². The first-order chi connectivity index (χ1) is 14.8. The maximum Gasteiger partial charge on any atom is 0.243 e. The number of benzene rings is 2. The van der Waals surface area contributed by atoms with E-state index in [0.29, 0.717) is 28.0 Å². The van der Waals surface area contributed by atoms with E-state index < -0.39 is 10.0 Å². The third-order valence-corrected chi connectivity index (χ3v) is 9.19. The first-order valence-electron chi connectivity index (χ1n) is 10.6. The van der Waals surface area contributed by atoms with Gasteiger partial charge in [-0.05, 0) is 60.8 Å². The van der Waals surface area contributed by atoms with Gasteiger partial charge in [-0.25, -0.2) is 8.42 Å². The van der Waals surface area contributed by atoms with E-state index in [-0.39, 0.29) is 17.9 Å². The van der Waals surface area contributed by atoms with E-state index in [1.807, 2.05) is 31.3 Å². The van der Waals surface area contributed by atoms with Crippen molar-refractivity contribution in [3.63, 3.8) is 0 Å². The van der Waals surface area contributed by atoms with E-state index >= 15 is 0 Å². The molecule has 31 heavy (non-hydrogen) atoms. The molecule has 3 atom stereocenters. The lowest BCUT2D eigenvalue weighted by molar-refractivity contribution is 0.222. The topological polar surface area (TPSA) is 52.7 Å². The fourth-order valence-corrected chi connectivity index (χ4v) is 6.96. The van der Waals surface area contributed by atoms with Gasteiger partial charge in [-0.3, -0.25) is 0 Å². The van der Waals surface area contributed by atoms with Gasteiger partial charge in [-0.1, -0.05) is 41.4 Å². The summed E-state index contributed by atoms with van der Waals surface area (Å²) in [5, 5.41) is 4.89. The number of nitrogens with one attached hydrogen (secondary N) is 1. The lowest BCUT2D eigenvalue weighted by atomic mass is 9.77. The minimum Gasteiger partial charge on any atom is -0.378 e. The van der Waals surface area contributed by atoms with Gasteiger partial charge in [0.1, 0.15) is 0 Å². The van der Waals surface area contributed by atoms with Crippen molar-refractivity contribution >= 4 is 38.9 Å². The number of anilines is 1. The molecule has 3 unspecified atom stereocenters. The number of hydrogen-bond donors (Lipinski definition) is 1. The van der Waals surface area contributed by atoms with Crippen molar-refractivity contribution in [2.24, 2.45) is 5.92 Å². The fraction of sp³-hybridized carbons (Fsp3) is 0.391. The van der Waals surface area contributed by atoms with Gasteiger partial charge in [0.15, 0.2) is 0 Å². The lowest BCUT2D eigenvalue weighted by Crippen LogP contribution is -2.47. The maximum atomic E-state index is 13.3. The second-order valence-electron chi connectivity index (χ2n) is 8.60. The molecule has 1 N–H and O–H groups in total. The normalized spacial score (nSPS) is 26.4. The van der Waals surface area contributed by atoms with Crippen LogP contribution in [-0.4, -0.2) is 50.8 Å². The Hall–Kier alpha value is -1.57. The minimum atomic E-state index is -3.51. The molecule has 8 heteroatoms. The van der Waals surface area contributed by atoms with E-state index in [9.17, 15) is 8.42 Å². The summed E-state index contributed by atoms with van der Waals surface area (Å²) in [6.45, 7) is 2.56. The Balaban J connectivity index is 1.50. The van der Waals surface area contributed by atoms with E-state index in [0.717, 1.165) is 36.3 Å². The van der Waals surface area contributed by atoms with Gasteiger partial charge in [0, 0.05) is 47.8 Å². The first-order valence-corrected chi connectivity index (χ1v) is 12.7. The highest BCUT2D eigenvalue weighted by Gasteiger charge is 2.39. The smallest absolute Gasteiger partial charge is 0.243 e. The molecule has 1 fully saturated rings. The van der Waals surface area contributed by atoms with Crippen LogP contribution in [0.2, 0.25) is 10.0 Å². The third-order valence-electron chi connectivity index (χ3n) is 6.73. The molecule has 5 rings (SSSR count). The quantitative estimate of drug-likeness (QED) is 0.647. The molecule has 0 spiro atoms. The Labute approximate surface area is 193 Å². The van der Waals surface area contributed by atoms with E-state index in [1.165, 1.54) is 0 Å². The van der Waals surface area contributed by atoms with Crippen LogP contribution in [0.1, 0.15) is 29.5 Å². The molecule has 2 heterocycles. The fourth-order valence-electron chi connectivity index (χ4n) is 4.97. The molecule has 2 aromatic rings. The second-order valence-corrected chi connectivity index (χ2v) is 11.4. The summed E-state index contributed by atoms with van der Waals surface area (Å²) in [7, 11) is -1.49. The number of allylic oxidation sites excluding steroid dienone is 2. The molecule has 1 saturated heterocycles. The Morgan fingerprint density at radius 2 is 1.77 bits per heavy atom. The molecule has 0 amide bonds. The molecule has 164 valence electrons. The number of likely N-dealkylation sites (N-methyl/N-ethyl adjacent to an activating group) is 1. The van der Waals surface area contributed by atoms with Crippen molar-refractivity contribution in [1.82, 2.24) is 9.21 Å². The van der Waals surface area contributed by atoms with Crippen molar-refractivity contribution < 1.29 is 8.42 Å². The van der Waals surface area contributed by atoms with Crippen LogP contribution in [0, 0.1) is 5.92 Å². The maximum absolute atomic E-state index is 13.3. The molecular weight excluding hydrogens is 453 g/mol. The molecule has 1 aliphatic carbocycles. The highest BCUT2D eigenvalue weighted by Crippen LogP contribution is 2.51. The van der Waals surface area contributed by atoms with Crippen LogP contribution in [0.4, 0.5) is 5.69 Å². The van der Waals surface area contributed by atoms with E-state index in [2.05, 4.69) is 22.4 Å². The molecule has 0 saturated carbocycles. The van der Waals surface area contributed by atoms with Crippen molar-refractivity contribution in [3.8, 4) is 0 Å². The summed E-state index contributed by atoms with van der Waals surface area (Å²) < 4.78 is 28.1. The van der Waals surface area contributed by atoms with Gasteiger partial charge in [-0.15, -0.1) is 0 Å². The van der Waals surface area contributed by atoms with Crippen LogP contribution in [-0.2, 0) is 10.0 Å². The SMILES string of the molecule is CN1CCN(S(=O)(=O)c2ccc3c(c2)C2C=CCC2C(c2ccc(Cl)cc2Cl)N3)CC1. The van der Waals surface area contributed by atoms with Crippen LogP contribution in [0.15, 0.2) is 53.4 Å². The number of hydrogen-bond acceptors (Lipinski definition) is 4. The average molecular weight is 478 g/mol. The van der Waals surface area contributed by atoms with Crippen LogP contribution >= 0.6 is 23.2 Å². The van der Waals surface area contributed by atoms with Crippen LogP contribution in [0.5, 0.6) is 0 Å². The molecular formula is C23H25Cl2N3O2S. The molecule has 2 aromatic carbocycles. The summed E-state index contributed by atoms with van der Waals surface area (Å²) >= 11 is 12.6. The highest BCUT2D eigenvalue weighted by atomic mass is 35.5. The van der Waals surface area contributed by atoms with Crippen molar-refractivity contribution in [1.29, 1.82) is 0 Å². The zero-order chi connectivity index (χ0) is 21.8. The minimum absolute atomic E-state index is 0.0392. The van der Waals surface area contributed by atoms with Crippen LogP contribution in [0.3, 0.4) is 0 Å². The summed E-state index contributed by atoms with van der Waals surface area (Å²) in [6, 6.07) is 11.1. The summed E-state index contributed by atoms with van der Waals surface area (Å²) in [5.74, 6) is 0.420. The summed E-state index contributed by atoms with van der Waals surface area (Å²) in [6.07, 6.45) is 5.30. The van der Waals surface area contributed by atoms with Crippen LogP contribution in [0.25, 0.3) is 0 Å². The third kappa shape index (κ3) is 3.79.